The monoisotopic (exact) mass is 257 g/mol. The summed E-state index contributed by atoms with van der Waals surface area (Å²) < 4.78 is 5.46. The highest BCUT2D eigenvalue weighted by molar-refractivity contribution is 6.31. The molecule has 1 aromatic carbocycles. The van der Waals surface area contributed by atoms with Crippen LogP contribution < -0.4 is 10.5 Å². The fraction of sp³-hybridized carbons (Fsp3) is 0.417. The third kappa shape index (κ3) is 3.61. The van der Waals surface area contributed by atoms with Gasteiger partial charge in [-0.2, -0.15) is 0 Å². The summed E-state index contributed by atoms with van der Waals surface area (Å²) in [5.74, 6) is -0.532. The molecule has 1 unspecified atom stereocenters. The van der Waals surface area contributed by atoms with E-state index in [1.54, 1.807) is 18.2 Å². The van der Waals surface area contributed by atoms with Crippen LogP contribution in [0.1, 0.15) is 25.3 Å². The molecular formula is C12H16ClNO3. The van der Waals surface area contributed by atoms with Crippen molar-refractivity contribution in [2.75, 3.05) is 0 Å². The molecule has 0 spiro atoms. The number of aliphatic carboxylic acids is 1. The smallest absolute Gasteiger partial charge is 0.344 e. The standard InChI is InChI=1S/C12H16ClNO3/c1-2-4-11(12(15)16)17-10-6-3-5-9(13)8(10)7-14/h3,5-6,11H,2,4,7,14H2,1H3,(H,15,16). The van der Waals surface area contributed by atoms with Gasteiger partial charge in [0.15, 0.2) is 6.10 Å². The van der Waals surface area contributed by atoms with Gasteiger partial charge in [0, 0.05) is 17.1 Å². The molecule has 0 fully saturated rings. The Kier molecular flexibility index (Phi) is 5.25. The van der Waals surface area contributed by atoms with Crippen LogP contribution in [0.3, 0.4) is 0 Å². The predicted octanol–water partition coefficient (Wildman–Crippen LogP) is 2.43. The lowest BCUT2D eigenvalue weighted by Gasteiger charge is -2.17. The highest BCUT2D eigenvalue weighted by Gasteiger charge is 2.20. The van der Waals surface area contributed by atoms with Crippen molar-refractivity contribution in [2.45, 2.75) is 32.4 Å². The molecule has 0 aromatic heterocycles. The molecule has 3 N–H and O–H groups in total. The lowest BCUT2D eigenvalue weighted by Crippen LogP contribution is -2.27. The van der Waals surface area contributed by atoms with Crippen LogP contribution in [0.5, 0.6) is 5.75 Å². The zero-order valence-corrected chi connectivity index (χ0v) is 10.4. The molecule has 0 saturated carbocycles. The number of carboxylic acids is 1. The lowest BCUT2D eigenvalue weighted by molar-refractivity contribution is -0.145. The number of hydrogen-bond acceptors (Lipinski definition) is 3. The van der Waals surface area contributed by atoms with Gasteiger partial charge in [-0.15, -0.1) is 0 Å². The maximum absolute atomic E-state index is 11.0. The highest BCUT2D eigenvalue weighted by Crippen LogP contribution is 2.27. The Balaban J connectivity index is 2.92. The first-order valence-electron chi connectivity index (χ1n) is 5.47. The summed E-state index contributed by atoms with van der Waals surface area (Å²) in [6.07, 6.45) is 0.324. The first-order chi connectivity index (χ1) is 8.10. The number of ether oxygens (including phenoxy) is 1. The Labute approximate surface area is 105 Å². The molecule has 0 aliphatic heterocycles. The Bertz CT molecular complexity index is 395. The van der Waals surface area contributed by atoms with Crippen LogP contribution in [0, 0.1) is 0 Å². The minimum atomic E-state index is -0.977. The number of hydrogen-bond donors (Lipinski definition) is 2. The van der Waals surface area contributed by atoms with Gasteiger partial charge in [0.1, 0.15) is 5.75 Å². The quantitative estimate of drug-likeness (QED) is 0.821. The molecule has 0 saturated heterocycles. The van der Waals surface area contributed by atoms with E-state index in [1.165, 1.54) is 0 Å². The van der Waals surface area contributed by atoms with E-state index in [-0.39, 0.29) is 6.54 Å². The summed E-state index contributed by atoms with van der Waals surface area (Å²) in [5, 5.41) is 9.50. The highest BCUT2D eigenvalue weighted by atomic mass is 35.5. The third-order valence-electron chi connectivity index (χ3n) is 2.38. The van der Waals surface area contributed by atoms with E-state index in [9.17, 15) is 4.79 Å². The molecule has 0 aliphatic carbocycles. The van der Waals surface area contributed by atoms with Gasteiger partial charge in [-0.3, -0.25) is 0 Å². The van der Waals surface area contributed by atoms with Crippen molar-refractivity contribution in [3.8, 4) is 5.75 Å². The van der Waals surface area contributed by atoms with E-state index in [4.69, 9.17) is 27.2 Å². The fourth-order valence-electron chi connectivity index (χ4n) is 1.50. The van der Waals surface area contributed by atoms with Crippen molar-refractivity contribution in [3.63, 3.8) is 0 Å². The minimum absolute atomic E-state index is 0.216. The number of nitrogens with two attached hydrogens (primary N) is 1. The predicted molar refractivity (Wildman–Crippen MR) is 66.3 cm³/mol. The molecule has 0 amide bonds. The number of halogens is 1. The van der Waals surface area contributed by atoms with Crippen molar-refractivity contribution in [1.82, 2.24) is 0 Å². The Hall–Kier alpha value is -1.26. The van der Waals surface area contributed by atoms with Crippen LogP contribution in [-0.2, 0) is 11.3 Å². The number of benzene rings is 1. The molecule has 4 nitrogen and oxygen atoms in total. The van der Waals surface area contributed by atoms with Gasteiger partial charge in [-0.25, -0.2) is 4.79 Å². The molecule has 94 valence electrons. The first kappa shape index (κ1) is 13.8. The van der Waals surface area contributed by atoms with Gasteiger partial charge < -0.3 is 15.6 Å². The van der Waals surface area contributed by atoms with Crippen molar-refractivity contribution in [2.24, 2.45) is 5.73 Å². The van der Waals surface area contributed by atoms with Crippen LogP contribution in [0.2, 0.25) is 5.02 Å². The lowest BCUT2D eigenvalue weighted by atomic mass is 10.1. The number of carboxylic acid groups (broad SMARTS) is 1. The summed E-state index contributed by atoms with van der Waals surface area (Å²) in [4.78, 5) is 11.0. The average Bonchev–Trinajstić information content (AvgIpc) is 2.28. The fourth-order valence-corrected chi connectivity index (χ4v) is 1.74. The molecule has 1 atom stereocenters. The van der Waals surface area contributed by atoms with Gasteiger partial charge >= 0.3 is 5.97 Å². The molecule has 1 rings (SSSR count). The zero-order chi connectivity index (χ0) is 12.8. The van der Waals surface area contributed by atoms with Crippen LogP contribution in [0.25, 0.3) is 0 Å². The average molecular weight is 258 g/mol. The van der Waals surface area contributed by atoms with Crippen LogP contribution >= 0.6 is 11.6 Å². The van der Waals surface area contributed by atoms with Crippen LogP contribution in [0.15, 0.2) is 18.2 Å². The Morgan fingerprint density at radius 2 is 2.29 bits per heavy atom. The summed E-state index contributed by atoms with van der Waals surface area (Å²) in [6, 6.07) is 5.09. The Morgan fingerprint density at radius 1 is 1.59 bits per heavy atom. The summed E-state index contributed by atoms with van der Waals surface area (Å²) in [6.45, 7) is 2.12. The summed E-state index contributed by atoms with van der Waals surface area (Å²) >= 11 is 5.96. The SMILES string of the molecule is CCCC(Oc1cccc(Cl)c1CN)C(=O)O. The topological polar surface area (TPSA) is 72.5 Å². The van der Waals surface area contributed by atoms with Gasteiger partial charge in [-0.1, -0.05) is 31.0 Å². The summed E-state index contributed by atoms with van der Waals surface area (Å²) in [5.41, 5.74) is 6.20. The molecule has 5 heteroatoms. The van der Waals surface area contributed by atoms with E-state index in [2.05, 4.69) is 0 Å². The van der Waals surface area contributed by atoms with E-state index in [1.807, 2.05) is 6.92 Å². The minimum Gasteiger partial charge on any atom is -0.479 e. The number of carbonyl (C=O) groups is 1. The largest absolute Gasteiger partial charge is 0.479 e. The molecule has 0 bridgehead atoms. The molecule has 0 heterocycles. The van der Waals surface area contributed by atoms with Crippen molar-refractivity contribution in [1.29, 1.82) is 0 Å². The van der Waals surface area contributed by atoms with E-state index >= 15 is 0 Å². The van der Waals surface area contributed by atoms with Gasteiger partial charge in [0.2, 0.25) is 0 Å². The molecular weight excluding hydrogens is 242 g/mol. The molecule has 1 aromatic rings. The second kappa shape index (κ2) is 6.47. The van der Waals surface area contributed by atoms with Crippen LogP contribution in [-0.4, -0.2) is 17.2 Å². The normalized spacial score (nSPS) is 12.2. The van der Waals surface area contributed by atoms with Gasteiger partial charge in [-0.05, 0) is 18.6 Å². The second-order valence-corrected chi connectivity index (χ2v) is 4.06. The second-order valence-electron chi connectivity index (χ2n) is 3.65. The van der Waals surface area contributed by atoms with E-state index in [0.717, 1.165) is 6.42 Å². The third-order valence-corrected chi connectivity index (χ3v) is 2.73. The Morgan fingerprint density at radius 3 is 2.82 bits per heavy atom. The van der Waals surface area contributed by atoms with Crippen LogP contribution in [0.4, 0.5) is 0 Å². The van der Waals surface area contributed by atoms with Gasteiger partial charge in [0.25, 0.3) is 0 Å². The van der Waals surface area contributed by atoms with E-state index < -0.39 is 12.1 Å². The van der Waals surface area contributed by atoms with Crippen molar-refractivity contribution in [3.05, 3.63) is 28.8 Å². The van der Waals surface area contributed by atoms with E-state index in [0.29, 0.717) is 22.8 Å². The number of rotatable bonds is 6. The van der Waals surface area contributed by atoms with Crippen molar-refractivity contribution >= 4 is 17.6 Å². The maximum atomic E-state index is 11.0. The summed E-state index contributed by atoms with van der Waals surface area (Å²) in [7, 11) is 0. The first-order valence-corrected chi connectivity index (χ1v) is 5.84. The molecule has 0 radical (unpaired) electrons. The maximum Gasteiger partial charge on any atom is 0.344 e. The molecule has 0 aliphatic rings. The molecule has 17 heavy (non-hydrogen) atoms. The van der Waals surface area contributed by atoms with Crippen molar-refractivity contribution < 1.29 is 14.6 Å². The zero-order valence-electron chi connectivity index (χ0n) is 9.65. The van der Waals surface area contributed by atoms with Gasteiger partial charge in [0.05, 0.1) is 0 Å².